The van der Waals surface area contributed by atoms with Crippen LogP contribution in [0.15, 0.2) is 47.1 Å². The van der Waals surface area contributed by atoms with Gasteiger partial charge in [-0.3, -0.25) is 4.79 Å². The third-order valence-corrected chi connectivity index (χ3v) is 3.38. The van der Waals surface area contributed by atoms with E-state index in [-0.39, 0.29) is 5.91 Å². The van der Waals surface area contributed by atoms with Gasteiger partial charge in [0.05, 0.1) is 0 Å². The second-order valence-electron chi connectivity index (χ2n) is 4.44. The van der Waals surface area contributed by atoms with E-state index in [1.165, 1.54) is 6.92 Å². The quantitative estimate of drug-likeness (QED) is 0.715. The number of fused-ring (bicyclic) bond motifs is 1. The summed E-state index contributed by atoms with van der Waals surface area (Å²) >= 11 is 3.42. The van der Waals surface area contributed by atoms with Crippen LogP contribution in [0.1, 0.15) is 6.92 Å². The predicted octanol–water partition coefficient (Wildman–Crippen LogP) is 3.19. The second-order valence-corrected chi connectivity index (χ2v) is 5.25. The molecular formula is C14H12BrN5O. The number of rotatable bonds is 3. The van der Waals surface area contributed by atoms with Gasteiger partial charge in [0.15, 0.2) is 5.65 Å². The lowest BCUT2D eigenvalue weighted by molar-refractivity contribution is -0.114. The van der Waals surface area contributed by atoms with Gasteiger partial charge in [0, 0.05) is 18.3 Å². The van der Waals surface area contributed by atoms with Crippen LogP contribution in [-0.2, 0) is 4.79 Å². The Morgan fingerprint density at radius 1 is 1.14 bits per heavy atom. The molecule has 0 aliphatic carbocycles. The highest BCUT2D eigenvalue weighted by molar-refractivity contribution is 9.10. The molecule has 2 heterocycles. The van der Waals surface area contributed by atoms with Crippen LogP contribution < -0.4 is 10.6 Å². The summed E-state index contributed by atoms with van der Waals surface area (Å²) in [5.74, 6) is 0.414. The molecule has 0 saturated heterocycles. The van der Waals surface area contributed by atoms with Crippen LogP contribution in [0.2, 0.25) is 0 Å². The van der Waals surface area contributed by atoms with Gasteiger partial charge in [-0.1, -0.05) is 6.07 Å². The highest BCUT2D eigenvalue weighted by Crippen LogP contribution is 2.19. The van der Waals surface area contributed by atoms with Crippen LogP contribution in [0.25, 0.3) is 5.65 Å². The molecule has 0 atom stereocenters. The van der Waals surface area contributed by atoms with E-state index < -0.39 is 0 Å². The molecule has 3 rings (SSSR count). The van der Waals surface area contributed by atoms with E-state index in [4.69, 9.17) is 0 Å². The fourth-order valence-corrected chi connectivity index (χ4v) is 2.31. The summed E-state index contributed by atoms with van der Waals surface area (Å²) in [5.41, 5.74) is 2.34. The minimum absolute atomic E-state index is 0.0948. The summed E-state index contributed by atoms with van der Waals surface area (Å²) in [6.45, 7) is 1.48. The molecule has 0 aliphatic heterocycles. The minimum Gasteiger partial charge on any atom is -0.326 e. The maximum Gasteiger partial charge on any atom is 0.247 e. The van der Waals surface area contributed by atoms with E-state index >= 15 is 0 Å². The number of pyridine rings is 1. The van der Waals surface area contributed by atoms with Gasteiger partial charge >= 0.3 is 0 Å². The van der Waals surface area contributed by atoms with Crippen LogP contribution in [-0.4, -0.2) is 20.5 Å². The molecule has 0 radical (unpaired) electrons. The second kappa shape index (κ2) is 5.53. The Morgan fingerprint density at radius 2 is 1.86 bits per heavy atom. The molecule has 0 unspecified atom stereocenters. The van der Waals surface area contributed by atoms with Crippen LogP contribution >= 0.6 is 15.9 Å². The van der Waals surface area contributed by atoms with E-state index in [2.05, 4.69) is 36.6 Å². The molecule has 2 N–H and O–H groups in total. The van der Waals surface area contributed by atoms with Crippen molar-refractivity contribution in [1.82, 2.24) is 14.6 Å². The highest BCUT2D eigenvalue weighted by atomic mass is 79.9. The molecule has 0 bridgehead atoms. The predicted molar refractivity (Wildman–Crippen MR) is 84.7 cm³/mol. The van der Waals surface area contributed by atoms with Crippen LogP contribution in [0.5, 0.6) is 0 Å². The number of aromatic nitrogens is 3. The van der Waals surface area contributed by atoms with Gasteiger partial charge < -0.3 is 10.6 Å². The average molecular weight is 346 g/mol. The lowest BCUT2D eigenvalue weighted by Gasteiger charge is -2.04. The van der Waals surface area contributed by atoms with Gasteiger partial charge in [0.2, 0.25) is 11.9 Å². The first-order valence-electron chi connectivity index (χ1n) is 6.28. The fourth-order valence-electron chi connectivity index (χ4n) is 1.90. The zero-order valence-corrected chi connectivity index (χ0v) is 12.8. The molecule has 6 nitrogen and oxygen atoms in total. The van der Waals surface area contributed by atoms with Crippen LogP contribution in [0, 0.1) is 0 Å². The summed E-state index contributed by atoms with van der Waals surface area (Å²) in [6.07, 6.45) is 0. The molecule has 1 amide bonds. The van der Waals surface area contributed by atoms with E-state index in [0.29, 0.717) is 5.95 Å². The SMILES string of the molecule is CC(=O)Nc1ccc(Nc2nc3cccc(Br)n3n2)cc1. The van der Waals surface area contributed by atoms with E-state index in [1.54, 1.807) is 4.52 Å². The molecule has 0 saturated carbocycles. The molecule has 2 aromatic heterocycles. The zero-order valence-electron chi connectivity index (χ0n) is 11.2. The normalized spacial score (nSPS) is 10.6. The number of amides is 1. The van der Waals surface area contributed by atoms with Crippen molar-refractivity contribution < 1.29 is 4.79 Å². The van der Waals surface area contributed by atoms with Gasteiger partial charge in [0.25, 0.3) is 0 Å². The lowest BCUT2D eigenvalue weighted by atomic mass is 10.3. The molecule has 0 spiro atoms. The number of nitrogens with one attached hydrogen (secondary N) is 2. The Balaban J connectivity index is 1.81. The lowest BCUT2D eigenvalue weighted by Crippen LogP contribution is -2.05. The highest BCUT2D eigenvalue weighted by Gasteiger charge is 2.05. The van der Waals surface area contributed by atoms with Crippen LogP contribution in [0.3, 0.4) is 0 Å². The molecule has 7 heteroatoms. The average Bonchev–Trinajstić information content (AvgIpc) is 2.84. The van der Waals surface area contributed by atoms with Crippen molar-refractivity contribution in [2.45, 2.75) is 6.92 Å². The smallest absolute Gasteiger partial charge is 0.247 e. The van der Waals surface area contributed by atoms with E-state index in [9.17, 15) is 4.79 Å². The number of hydrogen-bond donors (Lipinski definition) is 2. The number of anilines is 3. The van der Waals surface area contributed by atoms with Gasteiger partial charge in [-0.15, -0.1) is 5.10 Å². The van der Waals surface area contributed by atoms with Crippen molar-refractivity contribution in [3.63, 3.8) is 0 Å². The topological polar surface area (TPSA) is 71.3 Å². The first-order chi connectivity index (χ1) is 10.1. The van der Waals surface area contributed by atoms with Gasteiger partial charge in [-0.2, -0.15) is 4.98 Å². The van der Waals surface area contributed by atoms with Crippen molar-refractivity contribution in [2.24, 2.45) is 0 Å². The summed E-state index contributed by atoms with van der Waals surface area (Å²) in [6, 6.07) is 13.0. The summed E-state index contributed by atoms with van der Waals surface area (Å²) in [4.78, 5) is 15.3. The number of benzene rings is 1. The molecule has 1 aromatic carbocycles. The molecule has 106 valence electrons. The molecular weight excluding hydrogens is 334 g/mol. The Bertz CT molecular complexity index is 797. The van der Waals surface area contributed by atoms with E-state index in [0.717, 1.165) is 21.6 Å². The monoisotopic (exact) mass is 345 g/mol. The van der Waals surface area contributed by atoms with Crippen molar-refractivity contribution in [3.05, 3.63) is 47.1 Å². The number of carbonyl (C=O) groups is 1. The van der Waals surface area contributed by atoms with Crippen molar-refractivity contribution >= 4 is 44.8 Å². The molecule has 3 aromatic rings. The van der Waals surface area contributed by atoms with Crippen molar-refractivity contribution in [3.8, 4) is 0 Å². The Labute approximate surface area is 129 Å². The number of hydrogen-bond acceptors (Lipinski definition) is 4. The molecule has 21 heavy (non-hydrogen) atoms. The fraction of sp³-hybridized carbons (Fsp3) is 0.0714. The maximum absolute atomic E-state index is 11.0. The third kappa shape index (κ3) is 3.03. The van der Waals surface area contributed by atoms with Crippen LogP contribution in [0.4, 0.5) is 17.3 Å². The summed E-state index contributed by atoms with van der Waals surface area (Å²) < 4.78 is 2.54. The Kier molecular flexibility index (Phi) is 3.57. The van der Waals surface area contributed by atoms with Gasteiger partial charge in [-0.05, 0) is 52.3 Å². The standard InChI is InChI=1S/C14H12BrN5O/c1-9(21)16-10-5-7-11(8-6-10)17-14-18-13-4-2-3-12(15)20(13)19-14/h2-8H,1H3,(H,16,21)(H,17,19). The number of carbonyl (C=O) groups excluding carboxylic acids is 1. The van der Waals surface area contributed by atoms with Gasteiger partial charge in [-0.25, -0.2) is 4.52 Å². The first kappa shape index (κ1) is 13.6. The first-order valence-corrected chi connectivity index (χ1v) is 7.07. The van der Waals surface area contributed by atoms with Gasteiger partial charge in [0.1, 0.15) is 4.60 Å². The molecule has 0 aliphatic rings. The van der Waals surface area contributed by atoms with Crippen molar-refractivity contribution in [1.29, 1.82) is 0 Å². The van der Waals surface area contributed by atoms with Crippen molar-refractivity contribution in [2.75, 3.05) is 10.6 Å². The number of nitrogens with zero attached hydrogens (tertiary/aromatic N) is 3. The largest absolute Gasteiger partial charge is 0.326 e. The third-order valence-electron chi connectivity index (χ3n) is 2.77. The van der Waals surface area contributed by atoms with E-state index in [1.807, 2.05) is 42.5 Å². The zero-order chi connectivity index (χ0) is 14.8. The molecule has 0 fully saturated rings. The summed E-state index contributed by atoms with van der Waals surface area (Å²) in [7, 11) is 0. The Morgan fingerprint density at radius 3 is 2.52 bits per heavy atom. The maximum atomic E-state index is 11.0. The minimum atomic E-state index is -0.0948. The Hall–Kier alpha value is -2.41. The summed E-state index contributed by atoms with van der Waals surface area (Å²) in [5, 5.41) is 10.2. The number of halogens is 1.